The molecule has 27 heavy (non-hydrogen) atoms. The van der Waals surface area contributed by atoms with E-state index in [1.165, 1.54) is 6.92 Å². The van der Waals surface area contributed by atoms with Gasteiger partial charge in [-0.25, -0.2) is 4.98 Å². The van der Waals surface area contributed by atoms with Crippen LogP contribution in [0.25, 0.3) is 0 Å². The molecule has 2 amide bonds. The topological polar surface area (TPSA) is 62.3 Å². The van der Waals surface area contributed by atoms with E-state index < -0.39 is 0 Å². The van der Waals surface area contributed by atoms with Gasteiger partial charge in [-0.2, -0.15) is 0 Å². The van der Waals surface area contributed by atoms with Gasteiger partial charge >= 0.3 is 0 Å². The Morgan fingerprint density at radius 3 is 2.70 bits per heavy atom. The molecule has 6 heteroatoms. The van der Waals surface area contributed by atoms with Gasteiger partial charge in [0.2, 0.25) is 5.91 Å². The lowest BCUT2D eigenvalue weighted by Crippen LogP contribution is -2.39. The molecule has 1 N–H and O–H groups in total. The zero-order chi connectivity index (χ0) is 19.4. The van der Waals surface area contributed by atoms with Gasteiger partial charge in [0.1, 0.15) is 0 Å². The van der Waals surface area contributed by atoms with Crippen LogP contribution >= 0.6 is 11.3 Å². The summed E-state index contributed by atoms with van der Waals surface area (Å²) in [5.74, 6) is 0.403. The molecule has 3 rings (SSSR count). The molecule has 1 aromatic carbocycles. The van der Waals surface area contributed by atoms with Crippen molar-refractivity contribution in [2.45, 2.75) is 46.0 Å². The van der Waals surface area contributed by atoms with Gasteiger partial charge in [0.25, 0.3) is 5.91 Å². The molecule has 2 aromatic rings. The standard InChI is InChI=1S/C21H27N3O2S/c1-14-9-15(2)11-18(10-14)21(26)24-8-4-5-17(12-24)20-23-19(13-27-20)6-7-22-16(3)25/h9-11,13,17H,4-8,12H2,1-3H3,(H,22,25). The van der Waals surface area contributed by atoms with Crippen LogP contribution in [-0.2, 0) is 11.2 Å². The molecule has 1 fully saturated rings. The predicted molar refractivity (Wildman–Crippen MR) is 108 cm³/mol. The molecule has 1 unspecified atom stereocenters. The molecule has 1 atom stereocenters. The van der Waals surface area contributed by atoms with E-state index in [-0.39, 0.29) is 11.8 Å². The first kappa shape index (κ1) is 19.5. The van der Waals surface area contributed by atoms with Crippen LogP contribution in [0.3, 0.4) is 0 Å². The maximum absolute atomic E-state index is 13.0. The Bertz CT molecular complexity index is 810. The Morgan fingerprint density at radius 2 is 2.00 bits per heavy atom. The maximum atomic E-state index is 13.0. The summed E-state index contributed by atoms with van der Waals surface area (Å²) in [6.07, 6.45) is 2.81. The Labute approximate surface area is 164 Å². The highest BCUT2D eigenvalue weighted by Gasteiger charge is 2.27. The largest absolute Gasteiger partial charge is 0.356 e. The van der Waals surface area contributed by atoms with Crippen LogP contribution in [0.5, 0.6) is 0 Å². The third kappa shape index (κ3) is 5.16. The number of thiazole rings is 1. The first-order valence-corrected chi connectivity index (χ1v) is 10.4. The average molecular weight is 386 g/mol. The molecular weight excluding hydrogens is 358 g/mol. The lowest BCUT2D eigenvalue weighted by atomic mass is 9.97. The smallest absolute Gasteiger partial charge is 0.253 e. The molecular formula is C21H27N3O2S. The van der Waals surface area contributed by atoms with E-state index in [4.69, 9.17) is 4.98 Å². The first-order valence-electron chi connectivity index (χ1n) is 9.48. The number of hydrogen-bond acceptors (Lipinski definition) is 4. The number of carbonyl (C=O) groups excluding carboxylic acids is 2. The highest BCUT2D eigenvalue weighted by molar-refractivity contribution is 7.09. The fraction of sp³-hybridized carbons (Fsp3) is 0.476. The molecule has 0 radical (unpaired) electrons. The molecule has 0 saturated carbocycles. The first-order chi connectivity index (χ1) is 12.9. The molecule has 0 spiro atoms. The summed E-state index contributed by atoms with van der Waals surface area (Å²) in [5, 5.41) is 5.98. The van der Waals surface area contributed by atoms with Crippen LogP contribution in [0.15, 0.2) is 23.6 Å². The van der Waals surface area contributed by atoms with Crippen molar-refractivity contribution in [2.24, 2.45) is 0 Å². The number of benzene rings is 1. The number of hydrogen-bond donors (Lipinski definition) is 1. The number of piperidine rings is 1. The quantitative estimate of drug-likeness (QED) is 0.857. The summed E-state index contributed by atoms with van der Waals surface area (Å²) in [6, 6.07) is 6.04. The zero-order valence-corrected chi connectivity index (χ0v) is 17.1. The Morgan fingerprint density at radius 1 is 1.26 bits per heavy atom. The summed E-state index contributed by atoms with van der Waals surface area (Å²) in [7, 11) is 0. The van der Waals surface area contributed by atoms with Crippen molar-refractivity contribution in [2.75, 3.05) is 19.6 Å². The summed E-state index contributed by atoms with van der Waals surface area (Å²) in [5.41, 5.74) is 4.04. The lowest BCUT2D eigenvalue weighted by molar-refractivity contribution is -0.118. The number of amides is 2. The van der Waals surface area contributed by atoms with Crippen LogP contribution in [0, 0.1) is 13.8 Å². The molecule has 5 nitrogen and oxygen atoms in total. The van der Waals surface area contributed by atoms with E-state index in [2.05, 4.69) is 16.8 Å². The van der Waals surface area contributed by atoms with Gasteiger partial charge in [-0.3, -0.25) is 9.59 Å². The third-order valence-corrected chi connectivity index (χ3v) is 5.91. The maximum Gasteiger partial charge on any atom is 0.253 e. The minimum absolute atomic E-state index is 0.0155. The minimum atomic E-state index is -0.0155. The summed E-state index contributed by atoms with van der Waals surface area (Å²) >= 11 is 1.67. The van der Waals surface area contributed by atoms with E-state index in [9.17, 15) is 9.59 Å². The minimum Gasteiger partial charge on any atom is -0.356 e. The van der Waals surface area contributed by atoms with Crippen molar-refractivity contribution in [3.63, 3.8) is 0 Å². The van der Waals surface area contributed by atoms with Gasteiger partial charge in [0, 0.05) is 49.8 Å². The Kier molecular flexibility index (Phi) is 6.26. The van der Waals surface area contributed by atoms with E-state index in [1.54, 1.807) is 11.3 Å². The number of nitrogens with one attached hydrogen (secondary N) is 1. The number of carbonyl (C=O) groups is 2. The normalized spacial score (nSPS) is 17.0. The van der Waals surface area contributed by atoms with Gasteiger partial charge in [-0.05, 0) is 38.8 Å². The van der Waals surface area contributed by atoms with Crippen molar-refractivity contribution in [3.05, 3.63) is 51.0 Å². The predicted octanol–water partition coefficient (Wildman–Crippen LogP) is 3.46. The van der Waals surface area contributed by atoms with Crippen molar-refractivity contribution in [1.29, 1.82) is 0 Å². The summed E-state index contributed by atoms with van der Waals surface area (Å²) in [4.78, 5) is 30.7. The fourth-order valence-electron chi connectivity index (χ4n) is 3.64. The number of aryl methyl sites for hydroxylation is 2. The van der Waals surface area contributed by atoms with Crippen LogP contribution in [0.4, 0.5) is 0 Å². The SMILES string of the molecule is CC(=O)NCCc1csc(C2CCCN(C(=O)c3cc(C)cc(C)c3)C2)n1. The zero-order valence-electron chi connectivity index (χ0n) is 16.2. The second kappa shape index (κ2) is 8.65. The van der Waals surface area contributed by atoms with Crippen LogP contribution in [0.2, 0.25) is 0 Å². The van der Waals surface area contributed by atoms with Crippen LogP contribution in [0.1, 0.15) is 57.9 Å². The van der Waals surface area contributed by atoms with Crippen molar-refractivity contribution >= 4 is 23.2 Å². The van der Waals surface area contributed by atoms with Gasteiger partial charge in [0.05, 0.1) is 10.7 Å². The van der Waals surface area contributed by atoms with Gasteiger partial charge < -0.3 is 10.2 Å². The van der Waals surface area contributed by atoms with Gasteiger partial charge in [-0.15, -0.1) is 11.3 Å². The number of likely N-dealkylation sites (tertiary alicyclic amines) is 1. The Balaban J connectivity index is 1.64. The average Bonchev–Trinajstić information content (AvgIpc) is 3.09. The van der Waals surface area contributed by atoms with E-state index in [1.807, 2.05) is 30.9 Å². The molecule has 1 aliphatic rings. The fourth-order valence-corrected chi connectivity index (χ4v) is 4.62. The molecule has 0 aliphatic carbocycles. The third-order valence-electron chi connectivity index (χ3n) is 4.85. The second-order valence-electron chi connectivity index (χ2n) is 7.38. The van der Waals surface area contributed by atoms with Crippen LogP contribution < -0.4 is 5.32 Å². The lowest BCUT2D eigenvalue weighted by Gasteiger charge is -2.32. The highest BCUT2D eigenvalue weighted by Crippen LogP contribution is 2.30. The molecule has 2 heterocycles. The van der Waals surface area contributed by atoms with Gasteiger partial charge in [0.15, 0.2) is 0 Å². The molecule has 1 aliphatic heterocycles. The summed E-state index contributed by atoms with van der Waals surface area (Å²) in [6.45, 7) is 7.73. The van der Waals surface area contributed by atoms with Crippen molar-refractivity contribution < 1.29 is 9.59 Å². The molecule has 144 valence electrons. The van der Waals surface area contributed by atoms with E-state index in [0.29, 0.717) is 12.5 Å². The van der Waals surface area contributed by atoms with E-state index >= 15 is 0 Å². The molecule has 1 saturated heterocycles. The molecule has 1 aromatic heterocycles. The van der Waals surface area contributed by atoms with Crippen LogP contribution in [-0.4, -0.2) is 41.3 Å². The van der Waals surface area contributed by atoms with Crippen molar-refractivity contribution in [1.82, 2.24) is 15.2 Å². The number of nitrogens with zero attached hydrogens (tertiary/aromatic N) is 2. The number of rotatable bonds is 5. The molecule has 0 bridgehead atoms. The summed E-state index contributed by atoms with van der Waals surface area (Å²) < 4.78 is 0. The van der Waals surface area contributed by atoms with E-state index in [0.717, 1.165) is 59.7 Å². The number of aromatic nitrogens is 1. The Hall–Kier alpha value is -2.21. The van der Waals surface area contributed by atoms with Crippen molar-refractivity contribution in [3.8, 4) is 0 Å². The monoisotopic (exact) mass is 385 g/mol. The second-order valence-corrected chi connectivity index (χ2v) is 8.27. The van der Waals surface area contributed by atoms with Gasteiger partial charge in [-0.1, -0.05) is 17.2 Å². The highest BCUT2D eigenvalue weighted by atomic mass is 32.1.